The first-order chi connectivity index (χ1) is 12.0. The molecule has 3 rings (SSSR count). The zero-order valence-electron chi connectivity index (χ0n) is 14.6. The molecule has 1 aliphatic carbocycles. The van der Waals surface area contributed by atoms with E-state index in [9.17, 15) is 14.4 Å². The molecule has 2 fully saturated rings. The Labute approximate surface area is 147 Å². The Bertz CT molecular complexity index is 655. The van der Waals surface area contributed by atoms with Gasteiger partial charge in [-0.3, -0.25) is 15.0 Å². The smallest absolute Gasteiger partial charge is 0.322 e. The number of rotatable bonds is 5. The summed E-state index contributed by atoms with van der Waals surface area (Å²) in [6, 6.07) is 9.27. The lowest BCUT2D eigenvalue weighted by Crippen LogP contribution is -2.50. The van der Waals surface area contributed by atoms with Gasteiger partial charge < -0.3 is 5.32 Å². The zero-order chi connectivity index (χ0) is 17.9. The summed E-state index contributed by atoms with van der Waals surface area (Å²) in [4.78, 5) is 37.3. The van der Waals surface area contributed by atoms with E-state index in [0.717, 1.165) is 42.7 Å². The van der Waals surface area contributed by atoms with E-state index in [1.807, 2.05) is 30.3 Å². The number of hydrogen-bond donors (Lipinski definition) is 2. The largest absolute Gasteiger partial charge is 0.344 e. The zero-order valence-corrected chi connectivity index (χ0v) is 14.6. The predicted molar refractivity (Wildman–Crippen MR) is 93.3 cm³/mol. The van der Waals surface area contributed by atoms with Gasteiger partial charge >= 0.3 is 6.03 Å². The molecule has 1 aromatic carbocycles. The van der Waals surface area contributed by atoms with Gasteiger partial charge in [-0.15, -0.1) is 0 Å². The van der Waals surface area contributed by atoms with Gasteiger partial charge in [-0.1, -0.05) is 49.6 Å². The van der Waals surface area contributed by atoms with Crippen LogP contribution in [-0.4, -0.2) is 28.4 Å². The van der Waals surface area contributed by atoms with Crippen molar-refractivity contribution in [2.45, 2.75) is 57.4 Å². The number of aryl methyl sites for hydroxylation is 1. The maximum Gasteiger partial charge on any atom is 0.344 e. The van der Waals surface area contributed by atoms with Crippen LogP contribution in [0.5, 0.6) is 0 Å². The normalized spacial score (nSPS) is 24.3. The molecule has 0 spiro atoms. The van der Waals surface area contributed by atoms with Gasteiger partial charge in [0.05, 0.1) is 0 Å². The molecule has 0 unspecified atom stereocenters. The van der Waals surface area contributed by atoms with Crippen molar-refractivity contribution in [1.82, 2.24) is 15.8 Å². The number of carbonyl (C=O) groups is 3. The molecule has 2 N–H and O–H groups in total. The van der Waals surface area contributed by atoms with Crippen LogP contribution in [0, 0.1) is 5.92 Å². The number of imide groups is 1. The molecule has 0 aromatic heterocycles. The first-order valence-corrected chi connectivity index (χ1v) is 9.01. The molecule has 4 amide bonds. The highest BCUT2D eigenvalue weighted by Gasteiger charge is 2.48. The third kappa shape index (κ3) is 3.83. The SMILES string of the molecule is C[C@]1(CCc2ccccc2)NC(=O)N(NC(=O)C2CCCCC2)C1=O. The van der Waals surface area contributed by atoms with Gasteiger partial charge in [-0.25, -0.2) is 4.79 Å². The summed E-state index contributed by atoms with van der Waals surface area (Å²) in [5.41, 5.74) is 2.65. The molecule has 2 aliphatic rings. The van der Waals surface area contributed by atoms with Crippen molar-refractivity contribution in [1.29, 1.82) is 0 Å². The van der Waals surface area contributed by atoms with Gasteiger partial charge in [0, 0.05) is 5.92 Å². The van der Waals surface area contributed by atoms with E-state index >= 15 is 0 Å². The Balaban J connectivity index is 1.61. The van der Waals surface area contributed by atoms with Crippen LogP contribution in [0.15, 0.2) is 30.3 Å². The predicted octanol–water partition coefficient (Wildman–Crippen LogP) is 2.54. The monoisotopic (exact) mass is 343 g/mol. The standard InChI is InChI=1S/C19H25N3O3/c1-19(13-12-14-8-4-2-5-9-14)17(24)22(18(25)20-19)21-16(23)15-10-6-3-7-11-15/h2,4-5,8-9,15H,3,6-7,10-13H2,1H3,(H,20,25)(H,21,23)/t19-/m1/s1. The number of carbonyl (C=O) groups excluding carboxylic acids is 3. The summed E-state index contributed by atoms with van der Waals surface area (Å²) < 4.78 is 0. The number of nitrogens with one attached hydrogen (secondary N) is 2. The molecule has 134 valence electrons. The van der Waals surface area contributed by atoms with E-state index in [1.54, 1.807) is 6.92 Å². The van der Waals surface area contributed by atoms with Crippen LogP contribution in [-0.2, 0) is 16.0 Å². The van der Waals surface area contributed by atoms with Crippen LogP contribution >= 0.6 is 0 Å². The quantitative estimate of drug-likeness (QED) is 0.807. The van der Waals surface area contributed by atoms with Gasteiger partial charge in [-0.05, 0) is 38.2 Å². The van der Waals surface area contributed by atoms with Crippen LogP contribution in [0.1, 0.15) is 51.0 Å². The van der Waals surface area contributed by atoms with E-state index in [4.69, 9.17) is 0 Å². The van der Waals surface area contributed by atoms with E-state index in [-0.39, 0.29) is 11.8 Å². The van der Waals surface area contributed by atoms with Crippen molar-refractivity contribution in [3.8, 4) is 0 Å². The number of urea groups is 1. The highest BCUT2D eigenvalue weighted by atomic mass is 16.2. The lowest BCUT2D eigenvalue weighted by atomic mass is 9.89. The minimum Gasteiger partial charge on any atom is -0.322 e. The van der Waals surface area contributed by atoms with Gasteiger partial charge in [0.25, 0.3) is 5.91 Å². The van der Waals surface area contributed by atoms with Crippen LogP contribution in [0.4, 0.5) is 4.79 Å². The molecule has 0 bridgehead atoms. The summed E-state index contributed by atoms with van der Waals surface area (Å²) in [5.74, 6) is -0.723. The third-order valence-electron chi connectivity index (χ3n) is 5.22. The van der Waals surface area contributed by atoms with Crippen molar-refractivity contribution >= 4 is 17.8 Å². The minimum absolute atomic E-state index is 0.106. The van der Waals surface area contributed by atoms with Crippen molar-refractivity contribution in [2.24, 2.45) is 5.92 Å². The maximum atomic E-state index is 12.7. The summed E-state index contributed by atoms with van der Waals surface area (Å²) in [6.45, 7) is 1.71. The fourth-order valence-electron chi connectivity index (χ4n) is 3.56. The molecule has 25 heavy (non-hydrogen) atoms. The highest BCUT2D eigenvalue weighted by molar-refractivity contribution is 6.07. The first-order valence-electron chi connectivity index (χ1n) is 9.01. The fourth-order valence-corrected chi connectivity index (χ4v) is 3.56. The van der Waals surface area contributed by atoms with Gasteiger partial charge in [-0.2, -0.15) is 5.01 Å². The second-order valence-electron chi connectivity index (χ2n) is 7.20. The molecular weight excluding hydrogens is 318 g/mol. The molecule has 1 aromatic rings. The second-order valence-corrected chi connectivity index (χ2v) is 7.20. The van der Waals surface area contributed by atoms with Crippen LogP contribution in [0.25, 0.3) is 0 Å². The average molecular weight is 343 g/mol. The third-order valence-corrected chi connectivity index (χ3v) is 5.22. The van der Waals surface area contributed by atoms with Crippen molar-refractivity contribution in [3.05, 3.63) is 35.9 Å². The van der Waals surface area contributed by atoms with Crippen LogP contribution in [0.3, 0.4) is 0 Å². The molecule has 1 heterocycles. The first kappa shape index (κ1) is 17.5. The lowest BCUT2D eigenvalue weighted by molar-refractivity contribution is -0.140. The van der Waals surface area contributed by atoms with E-state index in [0.29, 0.717) is 12.8 Å². The van der Waals surface area contributed by atoms with Gasteiger partial charge in [0.1, 0.15) is 5.54 Å². The van der Waals surface area contributed by atoms with E-state index in [1.165, 1.54) is 0 Å². The number of amides is 4. The van der Waals surface area contributed by atoms with Crippen molar-refractivity contribution in [3.63, 3.8) is 0 Å². The number of hydrogen-bond acceptors (Lipinski definition) is 3. The minimum atomic E-state index is -0.993. The Kier molecular flexibility index (Phi) is 5.06. The summed E-state index contributed by atoms with van der Waals surface area (Å²) >= 11 is 0. The number of hydrazine groups is 1. The fraction of sp³-hybridized carbons (Fsp3) is 0.526. The summed E-state index contributed by atoms with van der Waals surface area (Å²) in [6.07, 6.45) is 5.98. The van der Waals surface area contributed by atoms with Gasteiger partial charge in [0.2, 0.25) is 5.91 Å². The molecule has 1 aliphatic heterocycles. The molecule has 0 radical (unpaired) electrons. The average Bonchev–Trinajstić information content (AvgIpc) is 2.85. The molecule has 1 saturated carbocycles. The Hall–Kier alpha value is -2.37. The topological polar surface area (TPSA) is 78.5 Å². The van der Waals surface area contributed by atoms with Crippen LogP contribution in [0.2, 0.25) is 0 Å². The number of nitrogens with zero attached hydrogens (tertiary/aromatic N) is 1. The summed E-state index contributed by atoms with van der Waals surface area (Å²) in [5, 5.41) is 3.59. The molecule has 1 saturated heterocycles. The van der Waals surface area contributed by atoms with Gasteiger partial charge in [0.15, 0.2) is 0 Å². The Morgan fingerprint density at radius 1 is 1.20 bits per heavy atom. The number of benzene rings is 1. The van der Waals surface area contributed by atoms with E-state index < -0.39 is 17.5 Å². The maximum absolute atomic E-state index is 12.7. The molecule has 6 heteroatoms. The van der Waals surface area contributed by atoms with Crippen molar-refractivity contribution in [2.75, 3.05) is 0 Å². The second kappa shape index (κ2) is 7.25. The Morgan fingerprint density at radius 2 is 1.88 bits per heavy atom. The molecular formula is C19H25N3O3. The van der Waals surface area contributed by atoms with Crippen molar-refractivity contribution < 1.29 is 14.4 Å². The Morgan fingerprint density at radius 3 is 2.56 bits per heavy atom. The van der Waals surface area contributed by atoms with E-state index in [2.05, 4.69) is 10.7 Å². The molecule has 1 atom stereocenters. The lowest BCUT2D eigenvalue weighted by Gasteiger charge is -2.24. The highest BCUT2D eigenvalue weighted by Crippen LogP contribution is 2.25. The van der Waals surface area contributed by atoms with Crippen LogP contribution < -0.4 is 10.7 Å². The molecule has 6 nitrogen and oxygen atoms in total. The summed E-state index contributed by atoms with van der Waals surface area (Å²) in [7, 11) is 0.